The number of amides is 1. The summed E-state index contributed by atoms with van der Waals surface area (Å²) in [5.41, 5.74) is 2.41. The zero-order valence-corrected chi connectivity index (χ0v) is 18.5. The summed E-state index contributed by atoms with van der Waals surface area (Å²) in [5.74, 6) is 1.38. The summed E-state index contributed by atoms with van der Waals surface area (Å²) in [7, 11) is 4.63. The normalized spacial score (nSPS) is 13.9. The van der Waals surface area contributed by atoms with Gasteiger partial charge in [-0.25, -0.2) is 0 Å². The molecule has 162 valence electrons. The van der Waals surface area contributed by atoms with Crippen molar-refractivity contribution in [1.82, 2.24) is 9.88 Å². The maximum absolute atomic E-state index is 13.2. The Labute approximate surface area is 186 Å². The van der Waals surface area contributed by atoms with Crippen molar-refractivity contribution < 1.29 is 19.0 Å². The number of halogens is 1. The summed E-state index contributed by atoms with van der Waals surface area (Å²) in [5, 5.41) is 1.71. The van der Waals surface area contributed by atoms with Gasteiger partial charge in [0.2, 0.25) is 0 Å². The number of piperazine rings is 1. The van der Waals surface area contributed by atoms with Crippen LogP contribution in [0.5, 0.6) is 17.2 Å². The van der Waals surface area contributed by atoms with E-state index in [-0.39, 0.29) is 5.91 Å². The summed E-state index contributed by atoms with van der Waals surface area (Å²) in [4.78, 5) is 21.8. The number of methoxy groups -OCH3 is 3. The lowest BCUT2D eigenvalue weighted by molar-refractivity contribution is 0.0743. The number of nitrogens with zero attached hydrogens (tertiary/aromatic N) is 3. The molecule has 0 unspecified atom stereocenters. The van der Waals surface area contributed by atoms with E-state index in [1.807, 2.05) is 29.2 Å². The molecule has 1 saturated heterocycles. The fourth-order valence-corrected chi connectivity index (χ4v) is 4.07. The van der Waals surface area contributed by atoms with Crippen LogP contribution < -0.4 is 19.1 Å². The fourth-order valence-electron chi connectivity index (χ4n) is 3.90. The third-order valence-corrected chi connectivity index (χ3v) is 5.76. The molecule has 1 amide bonds. The molecule has 0 spiro atoms. The van der Waals surface area contributed by atoms with Crippen molar-refractivity contribution in [2.75, 3.05) is 52.4 Å². The summed E-state index contributed by atoms with van der Waals surface area (Å²) < 4.78 is 16.1. The van der Waals surface area contributed by atoms with Crippen molar-refractivity contribution in [3.05, 3.63) is 53.2 Å². The van der Waals surface area contributed by atoms with Gasteiger partial charge in [-0.2, -0.15) is 0 Å². The standard InChI is InChI=1S/C23H24ClN3O4/c1-29-20-14-22(31-3)21(30-2)13-17(20)23(28)27-10-8-26(9-11-27)19-6-7-25-18-12-15(24)4-5-16(18)19/h4-7,12-14H,8-11H2,1-3H3. The molecule has 7 nitrogen and oxygen atoms in total. The van der Waals surface area contributed by atoms with Crippen molar-refractivity contribution in [2.45, 2.75) is 0 Å². The minimum atomic E-state index is -0.0937. The number of ether oxygens (including phenoxy) is 3. The van der Waals surface area contributed by atoms with E-state index in [1.54, 1.807) is 32.5 Å². The number of fused-ring (bicyclic) bond motifs is 1. The van der Waals surface area contributed by atoms with E-state index in [4.69, 9.17) is 25.8 Å². The molecule has 2 heterocycles. The lowest BCUT2D eigenvalue weighted by Gasteiger charge is -2.36. The monoisotopic (exact) mass is 441 g/mol. The molecule has 0 radical (unpaired) electrons. The number of rotatable bonds is 5. The summed E-state index contributed by atoms with van der Waals surface area (Å²) in [6.45, 7) is 2.60. The van der Waals surface area contributed by atoms with Gasteiger partial charge < -0.3 is 24.0 Å². The van der Waals surface area contributed by atoms with Crippen molar-refractivity contribution in [2.24, 2.45) is 0 Å². The number of pyridine rings is 1. The average molecular weight is 442 g/mol. The number of carbonyl (C=O) groups is 1. The van der Waals surface area contributed by atoms with Crippen LogP contribution in [0.2, 0.25) is 5.02 Å². The van der Waals surface area contributed by atoms with Gasteiger partial charge in [0.25, 0.3) is 5.91 Å². The minimum Gasteiger partial charge on any atom is -0.496 e. The van der Waals surface area contributed by atoms with Crippen molar-refractivity contribution in [1.29, 1.82) is 0 Å². The molecular weight excluding hydrogens is 418 g/mol. The highest BCUT2D eigenvalue weighted by Crippen LogP contribution is 2.35. The molecular formula is C23H24ClN3O4. The quantitative estimate of drug-likeness (QED) is 0.598. The van der Waals surface area contributed by atoms with Crippen LogP contribution in [-0.2, 0) is 0 Å². The molecule has 2 aromatic carbocycles. The molecule has 0 N–H and O–H groups in total. The second-order valence-corrected chi connectivity index (χ2v) is 7.61. The van der Waals surface area contributed by atoms with Gasteiger partial charge in [-0.05, 0) is 24.3 Å². The Hall–Kier alpha value is -3.19. The van der Waals surface area contributed by atoms with Crippen LogP contribution in [0.3, 0.4) is 0 Å². The Morgan fingerprint density at radius 1 is 0.903 bits per heavy atom. The first-order valence-electron chi connectivity index (χ1n) is 9.94. The van der Waals surface area contributed by atoms with E-state index >= 15 is 0 Å². The van der Waals surface area contributed by atoms with Gasteiger partial charge >= 0.3 is 0 Å². The fraction of sp³-hybridized carbons (Fsp3) is 0.304. The molecule has 0 saturated carbocycles. The molecule has 1 aromatic heterocycles. The Balaban J connectivity index is 1.54. The van der Waals surface area contributed by atoms with Crippen molar-refractivity contribution in [3.63, 3.8) is 0 Å². The van der Waals surface area contributed by atoms with Gasteiger partial charge in [0.1, 0.15) is 5.75 Å². The van der Waals surface area contributed by atoms with Crippen LogP contribution in [0.15, 0.2) is 42.6 Å². The van der Waals surface area contributed by atoms with E-state index in [0.717, 1.165) is 16.6 Å². The molecule has 0 bridgehead atoms. The number of anilines is 1. The minimum absolute atomic E-state index is 0.0937. The topological polar surface area (TPSA) is 64.1 Å². The number of aromatic nitrogens is 1. The smallest absolute Gasteiger partial charge is 0.257 e. The molecule has 1 fully saturated rings. The lowest BCUT2D eigenvalue weighted by Crippen LogP contribution is -2.49. The average Bonchev–Trinajstić information content (AvgIpc) is 2.82. The Morgan fingerprint density at radius 3 is 2.26 bits per heavy atom. The highest BCUT2D eigenvalue weighted by Gasteiger charge is 2.26. The molecule has 3 aromatic rings. The van der Waals surface area contributed by atoms with Crippen LogP contribution in [-0.4, -0.2) is 63.3 Å². The van der Waals surface area contributed by atoms with Crippen LogP contribution in [0, 0.1) is 0 Å². The number of hydrogen-bond donors (Lipinski definition) is 0. The maximum Gasteiger partial charge on any atom is 0.257 e. The number of hydrogen-bond acceptors (Lipinski definition) is 6. The third kappa shape index (κ3) is 4.05. The molecule has 8 heteroatoms. The summed E-state index contributed by atoms with van der Waals surface area (Å²) >= 11 is 6.11. The van der Waals surface area contributed by atoms with Crippen molar-refractivity contribution >= 4 is 34.1 Å². The number of benzene rings is 2. The van der Waals surface area contributed by atoms with Crippen molar-refractivity contribution in [3.8, 4) is 17.2 Å². The molecule has 0 aliphatic carbocycles. The predicted molar refractivity (Wildman–Crippen MR) is 121 cm³/mol. The van der Waals surface area contributed by atoms with E-state index < -0.39 is 0 Å². The SMILES string of the molecule is COc1cc(OC)c(C(=O)N2CCN(c3ccnc4cc(Cl)ccc34)CC2)cc1OC. The van der Waals surface area contributed by atoms with Crippen LogP contribution in [0.1, 0.15) is 10.4 Å². The van der Waals surface area contributed by atoms with Crippen LogP contribution in [0.4, 0.5) is 5.69 Å². The van der Waals surface area contributed by atoms with Crippen LogP contribution in [0.25, 0.3) is 10.9 Å². The van der Waals surface area contributed by atoms with Gasteiger partial charge in [0.15, 0.2) is 11.5 Å². The highest BCUT2D eigenvalue weighted by atomic mass is 35.5. The van der Waals surface area contributed by atoms with Gasteiger partial charge in [0.05, 0.1) is 32.4 Å². The largest absolute Gasteiger partial charge is 0.496 e. The predicted octanol–water partition coefficient (Wildman–Crippen LogP) is 3.88. The molecule has 0 atom stereocenters. The Bertz CT molecular complexity index is 1110. The first-order chi connectivity index (χ1) is 15.0. The molecule has 1 aliphatic rings. The van der Waals surface area contributed by atoms with E-state index in [9.17, 15) is 4.79 Å². The Kier molecular flexibility index (Phi) is 6.04. The van der Waals surface area contributed by atoms with Gasteiger partial charge in [-0.3, -0.25) is 9.78 Å². The van der Waals surface area contributed by atoms with Crippen LogP contribution >= 0.6 is 11.6 Å². The van der Waals surface area contributed by atoms with E-state index in [2.05, 4.69) is 9.88 Å². The summed E-state index contributed by atoms with van der Waals surface area (Å²) in [6.07, 6.45) is 1.79. The van der Waals surface area contributed by atoms with E-state index in [1.165, 1.54) is 7.11 Å². The lowest BCUT2D eigenvalue weighted by atomic mass is 10.1. The molecule has 31 heavy (non-hydrogen) atoms. The first kappa shape index (κ1) is 21.1. The highest BCUT2D eigenvalue weighted by molar-refractivity contribution is 6.31. The van der Waals surface area contributed by atoms with Gasteiger partial charge in [-0.1, -0.05) is 11.6 Å². The Morgan fingerprint density at radius 2 is 1.58 bits per heavy atom. The second kappa shape index (κ2) is 8.89. The molecule has 1 aliphatic heterocycles. The first-order valence-corrected chi connectivity index (χ1v) is 10.3. The zero-order valence-electron chi connectivity index (χ0n) is 17.7. The van der Waals surface area contributed by atoms with Gasteiger partial charge in [0, 0.05) is 60.6 Å². The second-order valence-electron chi connectivity index (χ2n) is 7.18. The number of carbonyl (C=O) groups excluding carboxylic acids is 1. The van der Waals surface area contributed by atoms with E-state index in [0.29, 0.717) is 54.0 Å². The third-order valence-electron chi connectivity index (χ3n) is 5.53. The van der Waals surface area contributed by atoms with Gasteiger partial charge in [-0.15, -0.1) is 0 Å². The summed E-state index contributed by atoms with van der Waals surface area (Å²) in [6, 6.07) is 11.1. The maximum atomic E-state index is 13.2. The molecule has 4 rings (SSSR count). The zero-order chi connectivity index (χ0) is 22.0.